The van der Waals surface area contributed by atoms with Crippen LogP contribution in [0.2, 0.25) is 0 Å². The molecule has 0 fully saturated rings. The van der Waals surface area contributed by atoms with Gasteiger partial charge in [-0.3, -0.25) is 0 Å². The Hall–Kier alpha value is 1.04. The zero-order chi connectivity index (χ0) is 0. The van der Waals surface area contributed by atoms with Gasteiger partial charge in [-0.2, -0.15) is 9.90 Å². The monoisotopic (exact) mass is 167 g/mol. The Balaban J connectivity index is 0. The molecule has 0 aromatic carbocycles. The van der Waals surface area contributed by atoms with E-state index in [4.69, 9.17) is 0 Å². The van der Waals surface area contributed by atoms with Gasteiger partial charge in [0.15, 0.2) is 0 Å². The summed E-state index contributed by atoms with van der Waals surface area (Å²) in [5, 5.41) is 0. The van der Waals surface area contributed by atoms with Crippen molar-refractivity contribution in [2.24, 2.45) is 0 Å². The minimum atomic E-state index is 0. The summed E-state index contributed by atoms with van der Waals surface area (Å²) in [5.74, 6) is 0. The van der Waals surface area contributed by atoms with Crippen molar-refractivity contribution < 1.29 is 32.0 Å². The molecule has 2 nitrogen and oxygen atoms in total. The van der Waals surface area contributed by atoms with E-state index in [1.54, 1.807) is 0 Å². The minimum Gasteiger partial charge on any atom is -0.870 e. The first kappa shape index (κ1) is 76.2. The van der Waals surface area contributed by atoms with Gasteiger partial charge in [0.25, 0.3) is 0 Å². The van der Waals surface area contributed by atoms with E-state index in [9.17, 15) is 0 Å². The van der Waals surface area contributed by atoms with Crippen LogP contribution in [0.5, 0.6) is 0 Å². The van der Waals surface area contributed by atoms with Crippen LogP contribution in [-0.2, 0) is 21.1 Å². The first-order chi connectivity index (χ1) is 0. The van der Waals surface area contributed by atoms with Crippen molar-refractivity contribution >= 4 is 9.90 Å². The Morgan fingerprint density at radius 1 is 1.00 bits per heavy atom. The molecule has 0 bridgehead atoms. The average molecular weight is 165 g/mol. The van der Waals surface area contributed by atoms with Gasteiger partial charge in [0.1, 0.15) is 0 Å². The van der Waals surface area contributed by atoms with Crippen molar-refractivity contribution in [3.63, 3.8) is 0 Å². The van der Waals surface area contributed by atoms with Crippen molar-refractivity contribution in [1.82, 2.24) is 0 Å². The first-order valence-corrected chi connectivity index (χ1v) is 0. The molecule has 0 aliphatic carbocycles. The van der Waals surface area contributed by atoms with Crippen LogP contribution in [0, 0.1) is 0 Å². The molecular formula is H6MoO2P-. The van der Waals surface area contributed by atoms with E-state index in [0.29, 0.717) is 0 Å². The van der Waals surface area contributed by atoms with Crippen LogP contribution >= 0.6 is 9.90 Å². The van der Waals surface area contributed by atoms with E-state index in [0.717, 1.165) is 0 Å². The van der Waals surface area contributed by atoms with E-state index in [2.05, 4.69) is 0 Å². The Bertz CT molecular complexity index is 6.00. The second-order valence-corrected chi connectivity index (χ2v) is 0. The molecule has 4 heteroatoms. The van der Waals surface area contributed by atoms with Crippen LogP contribution in [0.1, 0.15) is 0 Å². The molecule has 0 saturated carbocycles. The van der Waals surface area contributed by atoms with Crippen molar-refractivity contribution in [2.75, 3.05) is 0 Å². The Morgan fingerprint density at radius 2 is 1.00 bits per heavy atom. The van der Waals surface area contributed by atoms with Crippen molar-refractivity contribution in [3.05, 3.63) is 0 Å². The van der Waals surface area contributed by atoms with Crippen molar-refractivity contribution in [1.29, 1.82) is 0 Å². The molecule has 0 aromatic heterocycles. The van der Waals surface area contributed by atoms with E-state index in [1.165, 1.54) is 0 Å². The molecule has 4 heavy (non-hydrogen) atoms. The molecule has 0 heterocycles. The third-order valence-corrected chi connectivity index (χ3v) is 0. The number of hydrogen-bond acceptors (Lipinski definition) is 1. The van der Waals surface area contributed by atoms with Gasteiger partial charge in [0.2, 0.25) is 0 Å². The molecule has 0 spiro atoms. The average Bonchev–Trinajstić information content (AvgIpc) is 0. The second-order valence-electron chi connectivity index (χ2n) is 0. The molecule has 0 radical (unpaired) electrons. The van der Waals surface area contributed by atoms with Crippen LogP contribution in [0.3, 0.4) is 0 Å². The summed E-state index contributed by atoms with van der Waals surface area (Å²) in [7, 11) is 0. The zero-order valence-corrected chi connectivity index (χ0v) is 5.48. The summed E-state index contributed by atoms with van der Waals surface area (Å²) in [4.78, 5) is 0. The summed E-state index contributed by atoms with van der Waals surface area (Å²) < 4.78 is 0. The predicted molar refractivity (Wildman–Crippen MR) is 16.7 cm³/mol. The maximum atomic E-state index is 0. The topological polar surface area (TPSA) is 61.5 Å². The van der Waals surface area contributed by atoms with Crippen molar-refractivity contribution in [3.8, 4) is 0 Å². The maximum Gasteiger partial charge on any atom is 0 e. The fourth-order valence-corrected chi connectivity index (χ4v) is 0. The van der Waals surface area contributed by atoms with E-state index in [-0.39, 0.29) is 41.9 Å². The third-order valence-electron chi connectivity index (χ3n) is 0. The standard InChI is InChI=1S/Mo.2H2O.H3P/h;2*1H2;1H3/p-1. The molecule has 3 N–H and O–H groups in total. The first-order valence-electron chi connectivity index (χ1n) is 0. The Kier molecular flexibility index (Phi) is 659. The van der Waals surface area contributed by atoms with E-state index in [1.807, 2.05) is 0 Å². The molecule has 1 atom stereocenters. The van der Waals surface area contributed by atoms with Gasteiger partial charge in [-0.25, -0.2) is 0 Å². The van der Waals surface area contributed by atoms with Crippen LogP contribution in [0.4, 0.5) is 0 Å². The zero-order valence-electron chi connectivity index (χ0n) is 2.06. The summed E-state index contributed by atoms with van der Waals surface area (Å²) >= 11 is 0. The van der Waals surface area contributed by atoms with Gasteiger partial charge >= 0.3 is 0 Å². The van der Waals surface area contributed by atoms with Gasteiger partial charge in [0.05, 0.1) is 0 Å². The van der Waals surface area contributed by atoms with E-state index < -0.39 is 0 Å². The minimum absolute atomic E-state index is 0. The smallest absolute Gasteiger partial charge is 0 e. The predicted octanol–water partition coefficient (Wildman–Crippen LogP) is -0.946. The summed E-state index contributed by atoms with van der Waals surface area (Å²) in [6.45, 7) is 0. The number of rotatable bonds is 0. The van der Waals surface area contributed by atoms with Crippen molar-refractivity contribution in [2.45, 2.75) is 0 Å². The van der Waals surface area contributed by atoms with E-state index >= 15 is 0 Å². The molecular weight excluding hydrogens is 159 g/mol. The normalized spacial score (nSPS) is 0. The van der Waals surface area contributed by atoms with Gasteiger partial charge < -0.3 is 11.0 Å². The molecule has 1 unspecified atom stereocenters. The molecule has 30 valence electrons. The van der Waals surface area contributed by atoms with Gasteiger partial charge in [-0.05, 0) is 0 Å². The molecule has 0 aliphatic heterocycles. The molecule has 0 amide bonds. The molecule has 0 rings (SSSR count). The maximum absolute atomic E-state index is 0. The fraction of sp³-hybridized carbons (Fsp3) is 0. The van der Waals surface area contributed by atoms with Crippen LogP contribution in [-0.4, -0.2) is 11.0 Å². The summed E-state index contributed by atoms with van der Waals surface area (Å²) in [6, 6.07) is 0. The van der Waals surface area contributed by atoms with Crippen LogP contribution < -0.4 is 0 Å². The van der Waals surface area contributed by atoms with Gasteiger partial charge in [-0.15, -0.1) is 0 Å². The van der Waals surface area contributed by atoms with Crippen LogP contribution in [0.15, 0.2) is 0 Å². The number of hydrogen-bond donors (Lipinski definition) is 0. The largest absolute Gasteiger partial charge is 0.870 e. The fourth-order valence-electron chi connectivity index (χ4n) is 0. The quantitative estimate of drug-likeness (QED) is 0.337. The van der Waals surface area contributed by atoms with Gasteiger partial charge in [-0.1, -0.05) is 0 Å². The molecule has 0 saturated heterocycles. The molecule has 0 aliphatic rings. The van der Waals surface area contributed by atoms with Gasteiger partial charge in [0, 0.05) is 21.1 Å². The second kappa shape index (κ2) is 34.6. The summed E-state index contributed by atoms with van der Waals surface area (Å²) in [6.07, 6.45) is 0. The van der Waals surface area contributed by atoms with Crippen LogP contribution in [0.25, 0.3) is 0 Å². The summed E-state index contributed by atoms with van der Waals surface area (Å²) in [5.41, 5.74) is 0. The molecule has 0 aromatic rings. The Morgan fingerprint density at radius 3 is 1.00 bits per heavy atom. The SMILES string of the molecule is O.P.[Mo].[OH-]. The Labute approximate surface area is 42.5 Å². The third kappa shape index (κ3) is 11.7.